The third-order valence-electron chi connectivity index (χ3n) is 6.32. The van der Waals surface area contributed by atoms with Crippen LogP contribution < -0.4 is 5.56 Å². The number of fused-ring (bicyclic) bond motifs is 3. The molecule has 0 N–H and O–H groups in total. The molecule has 2 aromatic heterocycles. The number of hydrogen-bond donors (Lipinski definition) is 0. The molecular weight excluding hydrogens is 382 g/mol. The first-order chi connectivity index (χ1) is 15.2. The van der Waals surface area contributed by atoms with Crippen molar-refractivity contribution in [3.63, 3.8) is 0 Å². The first-order valence-corrected chi connectivity index (χ1v) is 11.1. The van der Waals surface area contributed by atoms with E-state index in [2.05, 4.69) is 71.4 Å². The van der Waals surface area contributed by atoms with Crippen molar-refractivity contribution in [1.82, 2.24) is 14.5 Å². The van der Waals surface area contributed by atoms with E-state index >= 15 is 0 Å². The molecular formula is C27H27N3O. The van der Waals surface area contributed by atoms with Gasteiger partial charge in [-0.25, -0.2) is 4.98 Å². The van der Waals surface area contributed by atoms with Gasteiger partial charge in [0.15, 0.2) is 0 Å². The average Bonchev–Trinajstić information content (AvgIpc) is 2.83. The molecule has 0 saturated heterocycles. The first-order valence-electron chi connectivity index (χ1n) is 11.1. The summed E-state index contributed by atoms with van der Waals surface area (Å²) in [5.74, 6) is 0. The maximum Gasteiger partial charge on any atom is 0.257 e. The largest absolute Gasteiger partial charge is 0.294 e. The molecule has 0 radical (unpaired) electrons. The summed E-state index contributed by atoms with van der Waals surface area (Å²) < 4.78 is 1.86. The normalized spacial score (nSPS) is 14.0. The molecule has 0 unspecified atom stereocenters. The summed E-state index contributed by atoms with van der Waals surface area (Å²) >= 11 is 0. The molecule has 0 atom stereocenters. The van der Waals surface area contributed by atoms with Crippen LogP contribution in [0.2, 0.25) is 0 Å². The Balaban J connectivity index is 1.54. The minimum absolute atomic E-state index is 0.0959. The summed E-state index contributed by atoms with van der Waals surface area (Å²) in [6.45, 7) is 5.20. The number of benzene rings is 2. The van der Waals surface area contributed by atoms with Gasteiger partial charge in [-0.05, 0) is 47.2 Å². The van der Waals surface area contributed by atoms with E-state index in [0.717, 1.165) is 48.1 Å². The molecule has 0 saturated carbocycles. The minimum atomic E-state index is 0.0959. The van der Waals surface area contributed by atoms with Gasteiger partial charge in [0.1, 0.15) is 5.65 Å². The monoisotopic (exact) mass is 409 g/mol. The lowest BCUT2D eigenvalue weighted by molar-refractivity contribution is 0.244. The Morgan fingerprint density at radius 3 is 2.35 bits per heavy atom. The number of hydrogen-bond acceptors (Lipinski definition) is 3. The van der Waals surface area contributed by atoms with Crippen LogP contribution in [-0.4, -0.2) is 21.0 Å². The smallest absolute Gasteiger partial charge is 0.257 e. The molecule has 3 heterocycles. The van der Waals surface area contributed by atoms with Crippen LogP contribution in [-0.2, 0) is 32.5 Å². The molecule has 0 bridgehead atoms. The fourth-order valence-electron chi connectivity index (χ4n) is 4.61. The zero-order valence-corrected chi connectivity index (χ0v) is 17.9. The number of rotatable bonds is 5. The Morgan fingerprint density at radius 1 is 0.839 bits per heavy atom. The molecule has 2 aromatic carbocycles. The lowest BCUT2D eigenvalue weighted by atomic mass is 9.97. The van der Waals surface area contributed by atoms with Crippen LogP contribution in [0.3, 0.4) is 0 Å². The van der Waals surface area contributed by atoms with Crippen molar-refractivity contribution in [2.24, 2.45) is 0 Å². The summed E-state index contributed by atoms with van der Waals surface area (Å²) in [7, 11) is 0. The Morgan fingerprint density at radius 2 is 1.58 bits per heavy atom. The van der Waals surface area contributed by atoms with Crippen molar-refractivity contribution in [3.8, 4) is 0 Å². The second-order valence-corrected chi connectivity index (χ2v) is 8.34. The van der Waals surface area contributed by atoms with Gasteiger partial charge in [0.25, 0.3) is 5.56 Å². The SMILES string of the molecule is CCc1ccc(Cn2c(=O)c3c(c4cccnc42)CCN(Cc2ccccc2)C3)cc1. The van der Waals surface area contributed by atoms with E-state index in [1.54, 1.807) is 6.20 Å². The van der Waals surface area contributed by atoms with Crippen molar-refractivity contribution < 1.29 is 0 Å². The van der Waals surface area contributed by atoms with Gasteiger partial charge in [-0.2, -0.15) is 0 Å². The molecule has 156 valence electrons. The quantitative estimate of drug-likeness (QED) is 0.485. The van der Waals surface area contributed by atoms with Crippen molar-refractivity contribution >= 4 is 11.0 Å². The molecule has 0 fully saturated rings. The van der Waals surface area contributed by atoms with E-state index in [0.29, 0.717) is 13.1 Å². The Kier molecular flexibility index (Phi) is 5.39. The third kappa shape index (κ3) is 3.91. The van der Waals surface area contributed by atoms with Gasteiger partial charge in [-0.15, -0.1) is 0 Å². The number of aromatic nitrogens is 2. The maximum absolute atomic E-state index is 13.6. The van der Waals surface area contributed by atoms with Crippen LogP contribution in [0.5, 0.6) is 0 Å². The molecule has 0 spiro atoms. The van der Waals surface area contributed by atoms with Gasteiger partial charge in [0.05, 0.1) is 6.54 Å². The van der Waals surface area contributed by atoms with Gasteiger partial charge < -0.3 is 0 Å². The summed E-state index contributed by atoms with van der Waals surface area (Å²) in [6.07, 6.45) is 3.68. The van der Waals surface area contributed by atoms with E-state index in [1.807, 2.05) is 16.7 Å². The van der Waals surface area contributed by atoms with Crippen molar-refractivity contribution in [2.75, 3.05) is 6.54 Å². The summed E-state index contributed by atoms with van der Waals surface area (Å²) in [4.78, 5) is 20.6. The molecule has 1 aliphatic rings. The zero-order valence-electron chi connectivity index (χ0n) is 17.9. The average molecular weight is 410 g/mol. The van der Waals surface area contributed by atoms with E-state index in [1.165, 1.54) is 16.7 Å². The minimum Gasteiger partial charge on any atom is -0.294 e. The molecule has 5 rings (SSSR count). The van der Waals surface area contributed by atoms with Gasteiger partial charge in [0, 0.05) is 36.8 Å². The predicted octanol–water partition coefficient (Wildman–Crippen LogP) is 4.57. The standard InChI is InChI=1S/C27H27N3O/c1-2-20-10-12-22(13-11-20)18-30-26-24(9-6-15-28-26)23-14-16-29(19-25(23)27(30)31)17-21-7-4-3-5-8-21/h3-13,15H,2,14,16-19H2,1H3. The maximum atomic E-state index is 13.6. The lowest BCUT2D eigenvalue weighted by Gasteiger charge is -2.30. The van der Waals surface area contributed by atoms with E-state index in [4.69, 9.17) is 0 Å². The summed E-state index contributed by atoms with van der Waals surface area (Å²) in [6, 6.07) is 23.1. The molecule has 4 heteroatoms. The fraction of sp³-hybridized carbons (Fsp3) is 0.259. The van der Waals surface area contributed by atoms with Crippen molar-refractivity contribution in [2.45, 2.75) is 39.4 Å². The van der Waals surface area contributed by atoms with Crippen LogP contribution in [0.25, 0.3) is 11.0 Å². The molecule has 1 aliphatic heterocycles. The topological polar surface area (TPSA) is 38.1 Å². The highest BCUT2D eigenvalue weighted by atomic mass is 16.1. The second kappa shape index (κ2) is 8.48. The van der Waals surface area contributed by atoms with Crippen LogP contribution in [0.15, 0.2) is 77.7 Å². The van der Waals surface area contributed by atoms with Crippen molar-refractivity contribution in [3.05, 3.63) is 111 Å². The molecule has 0 amide bonds. The predicted molar refractivity (Wildman–Crippen MR) is 125 cm³/mol. The number of nitrogens with zero attached hydrogens (tertiary/aromatic N) is 3. The van der Waals surface area contributed by atoms with E-state index in [9.17, 15) is 4.79 Å². The summed E-state index contributed by atoms with van der Waals surface area (Å²) in [5.41, 5.74) is 6.71. The van der Waals surface area contributed by atoms with Crippen LogP contribution in [0.1, 0.15) is 34.7 Å². The molecule has 0 aliphatic carbocycles. The van der Waals surface area contributed by atoms with Crippen LogP contribution in [0, 0.1) is 0 Å². The number of pyridine rings is 2. The Bertz CT molecular complexity index is 1260. The Hall–Kier alpha value is -3.24. The second-order valence-electron chi connectivity index (χ2n) is 8.34. The molecule has 31 heavy (non-hydrogen) atoms. The highest BCUT2D eigenvalue weighted by molar-refractivity contribution is 5.80. The van der Waals surface area contributed by atoms with E-state index in [-0.39, 0.29) is 5.56 Å². The van der Waals surface area contributed by atoms with Crippen LogP contribution in [0.4, 0.5) is 0 Å². The van der Waals surface area contributed by atoms with Crippen LogP contribution >= 0.6 is 0 Å². The molecule has 4 nitrogen and oxygen atoms in total. The fourth-order valence-corrected chi connectivity index (χ4v) is 4.61. The highest BCUT2D eigenvalue weighted by Crippen LogP contribution is 2.25. The Labute approximate surface area is 182 Å². The zero-order chi connectivity index (χ0) is 21.2. The number of aryl methyl sites for hydroxylation is 1. The van der Waals surface area contributed by atoms with Gasteiger partial charge in [-0.3, -0.25) is 14.3 Å². The molecule has 4 aromatic rings. The van der Waals surface area contributed by atoms with Gasteiger partial charge >= 0.3 is 0 Å². The highest BCUT2D eigenvalue weighted by Gasteiger charge is 2.24. The van der Waals surface area contributed by atoms with E-state index < -0.39 is 0 Å². The van der Waals surface area contributed by atoms with Gasteiger partial charge in [-0.1, -0.05) is 61.5 Å². The summed E-state index contributed by atoms with van der Waals surface area (Å²) in [5, 5.41) is 1.11. The van der Waals surface area contributed by atoms with Crippen molar-refractivity contribution in [1.29, 1.82) is 0 Å². The van der Waals surface area contributed by atoms with Gasteiger partial charge in [0.2, 0.25) is 0 Å². The first kappa shape index (κ1) is 19.7. The lowest BCUT2D eigenvalue weighted by Crippen LogP contribution is -2.37. The third-order valence-corrected chi connectivity index (χ3v) is 6.32.